The molecule has 3 heteroatoms. The maximum atomic E-state index is 10.2. The Hall–Kier alpha value is -0.380. The number of aliphatic hydroxyl groups is 1. The first-order chi connectivity index (χ1) is 6.56. The first kappa shape index (κ1) is 11.7. The molecule has 1 aromatic heterocycles. The molecule has 0 aliphatic carbocycles. The van der Waals surface area contributed by atoms with Crippen LogP contribution in [0.5, 0.6) is 0 Å². The predicted octanol–water partition coefficient (Wildman–Crippen LogP) is 2.69. The van der Waals surface area contributed by atoms with Gasteiger partial charge in [0.25, 0.3) is 0 Å². The third-order valence-electron chi connectivity index (χ3n) is 2.28. The quantitative estimate of drug-likeness (QED) is 0.764. The number of hydrogen-bond acceptors (Lipinski definition) is 3. The van der Waals surface area contributed by atoms with Crippen LogP contribution in [0.2, 0.25) is 0 Å². The smallest absolute Gasteiger partial charge is 0.0960 e. The molecule has 0 saturated heterocycles. The van der Waals surface area contributed by atoms with E-state index >= 15 is 0 Å². The van der Waals surface area contributed by atoms with E-state index in [1.165, 1.54) is 4.88 Å². The molecule has 0 aliphatic heterocycles. The standard InChI is InChI=1S/C11H18O2S/c1-9-5-6-10(14-9)11(2,12)7-4-8-13-3/h5-6,12H,4,7-8H2,1-3H3. The fourth-order valence-electron chi connectivity index (χ4n) is 1.41. The second-order valence-electron chi connectivity index (χ2n) is 3.78. The van der Waals surface area contributed by atoms with Crippen LogP contribution in [0.1, 0.15) is 29.5 Å². The number of methoxy groups -OCH3 is 1. The van der Waals surface area contributed by atoms with Crippen LogP contribution in [0.3, 0.4) is 0 Å². The lowest BCUT2D eigenvalue weighted by Gasteiger charge is -2.21. The predicted molar refractivity (Wildman–Crippen MR) is 59.7 cm³/mol. The lowest BCUT2D eigenvalue weighted by Crippen LogP contribution is -2.20. The van der Waals surface area contributed by atoms with Crippen molar-refractivity contribution >= 4 is 11.3 Å². The molecule has 1 N–H and O–H groups in total. The average molecular weight is 214 g/mol. The maximum absolute atomic E-state index is 10.2. The minimum atomic E-state index is -0.697. The highest BCUT2D eigenvalue weighted by molar-refractivity contribution is 7.12. The monoisotopic (exact) mass is 214 g/mol. The van der Waals surface area contributed by atoms with Gasteiger partial charge in [0.1, 0.15) is 0 Å². The highest BCUT2D eigenvalue weighted by Crippen LogP contribution is 2.31. The van der Waals surface area contributed by atoms with Gasteiger partial charge < -0.3 is 9.84 Å². The van der Waals surface area contributed by atoms with Gasteiger partial charge >= 0.3 is 0 Å². The Morgan fingerprint density at radius 1 is 1.50 bits per heavy atom. The van der Waals surface area contributed by atoms with Crippen LogP contribution >= 0.6 is 11.3 Å². The van der Waals surface area contributed by atoms with Gasteiger partial charge in [0.2, 0.25) is 0 Å². The lowest BCUT2D eigenvalue weighted by atomic mass is 9.99. The van der Waals surface area contributed by atoms with Crippen molar-refractivity contribution < 1.29 is 9.84 Å². The average Bonchev–Trinajstić information content (AvgIpc) is 2.53. The third kappa shape index (κ3) is 3.08. The molecule has 1 atom stereocenters. The normalized spacial score (nSPS) is 15.4. The van der Waals surface area contributed by atoms with Crippen molar-refractivity contribution in [3.8, 4) is 0 Å². The minimum absolute atomic E-state index is 0.697. The summed E-state index contributed by atoms with van der Waals surface area (Å²) in [6.07, 6.45) is 1.64. The lowest BCUT2D eigenvalue weighted by molar-refractivity contribution is 0.0407. The Morgan fingerprint density at radius 2 is 2.21 bits per heavy atom. The number of thiophene rings is 1. The molecule has 1 aromatic rings. The number of ether oxygens (including phenoxy) is 1. The highest BCUT2D eigenvalue weighted by atomic mass is 32.1. The van der Waals surface area contributed by atoms with E-state index in [0.29, 0.717) is 6.61 Å². The Labute approximate surface area is 89.5 Å². The first-order valence-electron chi connectivity index (χ1n) is 4.84. The SMILES string of the molecule is COCCCC(C)(O)c1ccc(C)s1. The summed E-state index contributed by atoms with van der Waals surface area (Å²) in [5.74, 6) is 0. The molecule has 0 amide bonds. The largest absolute Gasteiger partial charge is 0.385 e. The second-order valence-corrected chi connectivity index (χ2v) is 5.07. The van der Waals surface area contributed by atoms with Gasteiger partial charge in [-0.05, 0) is 38.8 Å². The van der Waals surface area contributed by atoms with Crippen molar-refractivity contribution in [2.45, 2.75) is 32.3 Å². The Kier molecular flexibility index (Phi) is 4.11. The van der Waals surface area contributed by atoms with Crippen LogP contribution in [0.15, 0.2) is 12.1 Å². The molecule has 1 heterocycles. The summed E-state index contributed by atoms with van der Waals surface area (Å²) in [6.45, 7) is 4.63. The van der Waals surface area contributed by atoms with E-state index in [0.717, 1.165) is 17.7 Å². The Bertz CT molecular complexity index is 279. The van der Waals surface area contributed by atoms with E-state index in [1.54, 1.807) is 18.4 Å². The summed E-state index contributed by atoms with van der Waals surface area (Å²) in [4.78, 5) is 2.29. The summed E-state index contributed by atoms with van der Waals surface area (Å²) in [5, 5.41) is 10.2. The van der Waals surface area contributed by atoms with Crippen LogP contribution in [0.4, 0.5) is 0 Å². The van der Waals surface area contributed by atoms with Crippen LogP contribution in [0, 0.1) is 6.92 Å². The molecule has 0 spiro atoms. The zero-order valence-corrected chi connectivity index (χ0v) is 9.86. The van der Waals surface area contributed by atoms with Gasteiger partial charge in [0, 0.05) is 23.5 Å². The molecule has 80 valence electrons. The van der Waals surface area contributed by atoms with Gasteiger partial charge in [0.15, 0.2) is 0 Å². The van der Waals surface area contributed by atoms with E-state index in [-0.39, 0.29) is 0 Å². The topological polar surface area (TPSA) is 29.5 Å². The van der Waals surface area contributed by atoms with Gasteiger partial charge in [-0.25, -0.2) is 0 Å². The molecule has 2 nitrogen and oxygen atoms in total. The molecule has 0 aliphatic rings. The fourth-order valence-corrected chi connectivity index (χ4v) is 2.35. The maximum Gasteiger partial charge on any atom is 0.0960 e. The molecule has 1 unspecified atom stereocenters. The van der Waals surface area contributed by atoms with Crippen molar-refractivity contribution in [1.29, 1.82) is 0 Å². The molecule has 0 fully saturated rings. The van der Waals surface area contributed by atoms with Crippen LogP contribution in [-0.2, 0) is 10.3 Å². The van der Waals surface area contributed by atoms with Crippen LogP contribution in [-0.4, -0.2) is 18.8 Å². The third-order valence-corrected chi connectivity index (χ3v) is 3.54. The number of aryl methyl sites for hydroxylation is 1. The van der Waals surface area contributed by atoms with E-state index in [2.05, 4.69) is 6.92 Å². The fraction of sp³-hybridized carbons (Fsp3) is 0.636. The molecule has 14 heavy (non-hydrogen) atoms. The molecule has 0 aromatic carbocycles. The van der Waals surface area contributed by atoms with E-state index in [4.69, 9.17) is 4.74 Å². The van der Waals surface area contributed by atoms with Crippen LogP contribution < -0.4 is 0 Å². The summed E-state index contributed by atoms with van der Waals surface area (Å²) < 4.78 is 4.97. The van der Waals surface area contributed by atoms with Gasteiger partial charge in [-0.15, -0.1) is 11.3 Å². The molecular weight excluding hydrogens is 196 g/mol. The minimum Gasteiger partial charge on any atom is -0.385 e. The van der Waals surface area contributed by atoms with E-state index in [1.807, 2.05) is 19.1 Å². The van der Waals surface area contributed by atoms with Crippen molar-refractivity contribution in [2.75, 3.05) is 13.7 Å². The number of rotatable bonds is 5. The highest BCUT2D eigenvalue weighted by Gasteiger charge is 2.23. The zero-order valence-electron chi connectivity index (χ0n) is 9.04. The Morgan fingerprint density at radius 3 is 2.71 bits per heavy atom. The van der Waals surface area contributed by atoms with Crippen molar-refractivity contribution in [1.82, 2.24) is 0 Å². The van der Waals surface area contributed by atoms with Crippen molar-refractivity contribution in [3.63, 3.8) is 0 Å². The van der Waals surface area contributed by atoms with Crippen molar-refractivity contribution in [3.05, 3.63) is 21.9 Å². The molecular formula is C11H18O2S. The second kappa shape index (κ2) is 4.91. The van der Waals surface area contributed by atoms with Gasteiger partial charge in [-0.1, -0.05) is 0 Å². The number of hydrogen-bond donors (Lipinski definition) is 1. The summed E-state index contributed by atoms with van der Waals surface area (Å²) in [6, 6.07) is 4.05. The molecule has 0 saturated carbocycles. The van der Waals surface area contributed by atoms with E-state index in [9.17, 15) is 5.11 Å². The van der Waals surface area contributed by atoms with Crippen molar-refractivity contribution in [2.24, 2.45) is 0 Å². The van der Waals surface area contributed by atoms with Gasteiger partial charge in [-0.2, -0.15) is 0 Å². The zero-order chi connectivity index (χ0) is 10.6. The summed E-state index contributed by atoms with van der Waals surface area (Å²) in [5.41, 5.74) is -0.697. The Balaban J connectivity index is 2.56. The van der Waals surface area contributed by atoms with Gasteiger partial charge in [-0.3, -0.25) is 0 Å². The summed E-state index contributed by atoms with van der Waals surface area (Å²) in [7, 11) is 1.68. The molecule has 0 bridgehead atoms. The van der Waals surface area contributed by atoms with E-state index < -0.39 is 5.60 Å². The first-order valence-corrected chi connectivity index (χ1v) is 5.66. The molecule has 1 rings (SSSR count). The summed E-state index contributed by atoms with van der Waals surface area (Å²) >= 11 is 1.66. The van der Waals surface area contributed by atoms with Crippen LogP contribution in [0.25, 0.3) is 0 Å². The molecule has 0 radical (unpaired) electrons. The van der Waals surface area contributed by atoms with Gasteiger partial charge in [0.05, 0.1) is 5.60 Å².